The Hall–Kier alpha value is -7.93. The monoisotopic (exact) mass is 819 g/mol. The molecule has 8 aromatic rings. The lowest BCUT2D eigenvalue weighted by atomic mass is 10.1. The Bertz CT molecular complexity index is 3070. The van der Waals surface area contributed by atoms with E-state index in [4.69, 9.17) is 14.5 Å². The molecule has 11 nitrogen and oxygen atoms in total. The van der Waals surface area contributed by atoms with Crippen molar-refractivity contribution in [3.8, 4) is 34.5 Å². The highest BCUT2D eigenvalue weighted by Crippen LogP contribution is 2.32. The van der Waals surface area contributed by atoms with Gasteiger partial charge >= 0.3 is 0 Å². The van der Waals surface area contributed by atoms with Gasteiger partial charge in [0.25, 0.3) is 17.0 Å². The van der Waals surface area contributed by atoms with Crippen LogP contribution in [-0.2, 0) is 0 Å². The summed E-state index contributed by atoms with van der Waals surface area (Å²) in [4.78, 5) is 39.6. The number of aromatic hydroxyl groups is 2. The molecule has 2 N–H and O–H groups in total. The van der Waals surface area contributed by atoms with Gasteiger partial charge in [-0.05, 0) is 105 Å². The van der Waals surface area contributed by atoms with Crippen LogP contribution in [0.1, 0.15) is 42.2 Å². The summed E-state index contributed by atoms with van der Waals surface area (Å²) in [7, 11) is 0. The Morgan fingerprint density at radius 1 is 0.607 bits per heavy atom. The molecule has 0 aliphatic heterocycles. The normalized spacial score (nSPS) is 11.3. The predicted octanol–water partition coefficient (Wildman–Crippen LogP) is 9.30. The van der Waals surface area contributed by atoms with Crippen LogP contribution in [-0.4, -0.2) is 47.5 Å². The summed E-state index contributed by atoms with van der Waals surface area (Å²) in [5.41, 5.74) is 2.36. The summed E-state index contributed by atoms with van der Waals surface area (Å²) < 4.78 is 42.3. The van der Waals surface area contributed by atoms with Gasteiger partial charge in [0.05, 0.1) is 40.7 Å². The number of phenolic OH excluding ortho intramolecular Hbond substituents is 1. The third-order valence-corrected chi connectivity index (χ3v) is 9.48. The van der Waals surface area contributed by atoms with Crippen molar-refractivity contribution >= 4 is 46.1 Å². The Labute approximate surface area is 348 Å². The number of ether oxygens (including phenoxy) is 2. The van der Waals surface area contributed by atoms with Crippen molar-refractivity contribution in [2.75, 3.05) is 13.2 Å². The molecule has 3 heterocycles. The fraction of sp³-hybridized carbons (Fsp3) is 0.104. The molecule has 0 fully saturated rings. The van der Waals surface area contributed by atoms with Gasteiger partial charge in [0.1, 0.15) is 29.0 Å². The van der Waals surface area contributed by atoms with Gasteiger partial charge in [-0.2, -0.15) is 0 Å². The van der Waals surface area contributed by atoms with Gasteiger partial charge in [-0.15, -0.1) is 0 Å². The molecular weight excluding hydrogens is 781 g/mol. The van der Waals surface area contributed by atoms with E-state index in [0.29, 0.717) is 52.3 Å². The van der Waals surface area contributed by atoms with Gasteiger partial charge in [-0.3, -0.25) is 18.7 Å². The number of hydrogen-bond donors (Lipinski definition) is 2. The highest BCUT2D eigenvalue weighted by molar-refractivity contribution is 5.82. The smallest absolute Gasteiger partial charge is 0.266 e. The number of nitrogens with zero attached hydrogens (tertiary/aromatic N) is 5. The number of para-hydroxylation sites is 5. The van der Waals surface area contributed by atoms with Gasteiger partial charge in [-0.1, -0.05) is 60.7 Å². The van der Waals surface area contributed by atoms with Crippen molar-refractivity contribution in [1.82, 2.24) is 24.1 Å². The molecule has 0 radical (unpaired) electrons. The van der Waals surface area contributed by atoms with Crippen LogP contribution in [0.5, 0.6) is 23.1 Å². The molecule has 306 valence electrons. The van der Waals surface area contributed by atoms with E-state index >= 15 is 0 Å². The van der Waals surface area contributed by atoms with Crippen LogP contribution >= 0.6 is 0 Å². The third kappa shape index (κ3) is 8.62. The largest absolute Gasteiger partial charge is 0.504 e. The van der Waals surface area contributed by atoms with Crippen LogP contribution in [0.25, 0.3) is 57.5 Å². The first-order valence-corrected chi connectivity index (χ1v) is 19.3. The minimum atomic E-state index is -0.903. The number of aromatic nitrogens is 5. The molecular formula is C48H39F2N5O6. The summed E-state index contributed by atoms with van der Waals surface area (Å²) in [6, 6.07) is 31.7. The number of phenols is 1. The molecule has 0 aliphatic carbocycles. The Morgan fingerprint density at radius 3 is 1.77 bits per heavy atom. The number of rotatable bonds is 10. The molecule has 0 unspecified atom stereocenters. The van der Waals surface area contributed by atoms with Crippen molar-refractivity contribution in [1.29, 1.82) is 0 Å². The number of pyridine rings is 1. The van der Waals surface area contributed by atoms with Gasteiger partial charge in [0.15, 0.2) is 17.2 Å². The van der Waals surface area contributed by atoms with Gasteiger partial charge in [-0.25, -0.2) is 23.7 Å². The van der Waals surface area contributed by atoms with Crippen molar-refractivity contribution < 1.29 is 28.5 Å². The maximum atomic E-state index is 14.5. The summed E-state index contributed by atoms with van der Waals surface area (Å²) in [5, 5.41) is 21.6. The lowest BCUT2D eigenvalue weighted by molar-refractivity contribution is 0.304. The minimum Gasteiger partial charge on any atom is -0.504 e. The van der Waals surface area contributed by atoms with E-state index < -0.39 is 22.9 Å². The Morgan fingerprint density at radius 2 is 1.15 bits per heavy atom. The molecule has 5 aromatic carbocycles. The third-order valence-electron chi connectivity index (χ3n) is 9.48. The van der Waals surface area contributed by atoms with Crippen LogP contribution in [0.4, 0.5) is 8.78 Å². The molecule has 8 rings (SSSR count). The number of fused-ring (bicyclic) bond motifs is 2. The van der Waals surface area contributed by atoms with Crippen LogP contribution in [0.3, 0.4) is 0 Å². The summed E-state index contributed by atoms with van der Waals surface area (Å²) in [6.45, 7) is 6.35. The van der Waals surface area contributed by atoms with E-state index in [1.165, 1.54) is 36.5 Å². The first kappa shape index (κ1) is 41.2. The zero-order valence-corrected chi connectivity index (χ0v) is 33.3. The average molecular weight is 820 g/mol. The van der Waals surface area contributed by atoms with E-state index in [1.807, 2.05) is 62.4 Å². The van der Waals surface area contributed by atoms with Crippen LogP contribution in [0.15, 0.2) is 131 Å². The number of aryl methyl sites for hydroxylation is 1. The molecule has 0 spiro atoms. The lowest BCUT2D eigenvalue weighted by Gasteiger charge is -2.13. The molecule has 0 aliphatic rings. The molecule has 0 saturated heterocycles. The predicted molar refractivity (Wildman–Crippen MR) is 234 cm³/mol. The topological polar surface area (TPSA) is 142 Å². The molecule has 0 bridgehead atoms. The summed E-state index contributed by atoms with van der Waals surface area (Å²) in [5.74, 6) is -1.01. The van der Waals surface area contributed by atoms with Gasteiger partial charge < -0.3 is 19.7 Å². The van der Waals surface area contributed by atoms with E-state index in [-0.39, 0.29) is 34.1 Å². The molecule has 3 aromatic heterocycles. The minimum absolute atomic E-state index is 0.0122. The van der Waals surface area contributed by atoms with Crippen LogP contribution < -0.4 is 20.6 Å². The number of hydrogen-bond acceptors (Lipinski definition) is 9. The van der Waals surface area contributed by atoms with Crippen molar-refractivity contribution in [3.05, 3.63) is 182 Å². The second-order valence-electron chi connectivity index (χ2n) is 13.4. The standard InChI is InChI=1S/C25H22N2O3.C23H17F2N3O3/c1-3-30-22-14-8-10-18(24(22)28)15-16-23-26-20-12-6-5-11-19(20)25(29)27(23)21-13-7-4-9-17(21)2;1-2-31-22-21(29)14(12-13-26-22)10-11-19-27-18-9-4-3-6-15(18)23(30)28(19)20-16(24)7-5-8-17(20)25/h4-16,28H,3H2,1-2H3;3-13,29H,2H2,1H3/b16-15+;11-10+. The molecule has 0 saturated carbocycles. The zero-order valence-electron chi connectivity index (χ0n) is 33.3. The molecule has 13 heteroatoms. The second kappa shape index (κ2) is 18.3. The maximum absolute atomic E-state index is 14.5. The quantitative estimate of drug-likeness (QED) is 0.138. The van der Waals surface area contributed by atoms with Crippen molar-refractivity contribution in [2.45, 2.75) is 20.8 Å². The highest BCUT2D eigenvalue weighted by Gasteiger charge is 2.19. The van der Waals surface area contributed by atoms with Crippen LogP contribution in [0, 0.1) is 18.6 Å². The van der Waals surface area contributed by atoms with Crippen molar-refractivity contribution in [3.63, 3.8) is 0 Å². The van der Waals surface area contributed by atoms with E-state index in [1.54, 1.807) is 60.0 Å². The van der Waals surface area contributed by atoms with Crippen molar-refractivity contribution in [2.24, 2.45) is 0 Å². The second-order valence-corrected chi connectivity index (χ2v) is 13.4. The Kier molecular flexibility index (Phi) is 12.4. The number of halogens is 2. The number of benzene rings is 5. The molecule has 0 amide bonds. The SMILES string of the molecule is CCOc1cccc(/C=C/c2nc3ccccc3c(=O)n2-c2ccccc2C)c1O.CCOc1nccc(/C=C/c2nc3ccccc3c(=O)n2-c2c(F)cccc2F)c1O. The van der Waals surface area contributed by atoms with Crippen LogP contribution in [0.2, 0.25) is 0 Å². The highest BCUT2D eigenvalue weighted by atomic mass is 19.1. The molecule has 61 heavy (non-hydrogen) atoms. The first-order valence-electron chi connectivity index (χ1n) is 19.3. The lowest BCUT2D eigenvalue weighted by Crippen LogP contribution is -2.24. The van der Waals surface area contributed by atoms with Gasteiger partial charge in [0.2, 0.25) is 0 Å². The average Bonchev–Trinajstić information content (AvgIpc) is 3.26. The van der Waals surface area contributed by atoms with E-state index in [2.05, 4.69) is 9.97 Å². The van der Waals surface area contributed by atoms with E-state index in [9.17, 15) is 28.6 Å². The summed E-state index contributed by atoms with van der Waals surface area (Å²) >= 11 is 0. The first-order chi connectivity index (χ1) is 29.6. The van der Waals surface area contributed by atoms with E-state index in [0.717, 1.165) is 28.0 Å². The fourth-order valence-corrected chi connectivity index (χ4v) is 6.59. The van der Waals surface area contributed by atoms with Gasteiger partial charge in [0, 0.05) is 17.3 Å². The Balaban J connectivity index is 0.000000184. The maximum Gasteiger partial charge on any atom is 0.266 e. The molecule has 0 atom stereocenters. The zero-order chi connectivity index (χ0) is 43.0. The fourth-order valence-electron chi connectivity index (χ4n) is 6.59. The summed E-state index contributed by atoms with van der Waals surface area (Å²) in [6.07, 6.45) is 7.78.